The third-order valence-electron chi connectivity index (χ3n) is 3.16. The Kier molecular flexibility index (Phi) is 5.38. The molecule has 0 bridgehead atoms. The maximum atomic E-state index is 13.7. The van der Waals surface area contributed by atoms with E-state index in [4.69, 9.17) is 21.5 Å². The number of methoxy groups -OCH3 is 1. The molecule has 0 aliphatic heterocycles. The van der Waals surface area contributed by atoms with E-state index in [9.17, 15) is 17.6 Å². The van der Waals surface area contributed by atoms with Crippen LogP contribution in [0.15, 0.2) is 47.4 Å². The fourth-order valence-electron chi connectivity index (χ4n) is 1.98. The quantitative estimate of drug-likeness (QED) is 0.648. The Morgan fingerprint density at radius 3 is 2.58 bits per heavy atom. The van der Waals surface area contributed by atoms with Gasteiger partial charge in [-0.1, -0.05) is 17.7 Å². The number of hydrogen-bond donors (Lipinski definition) is 1. The summed E-state index contributed by atoms with van der Waals surface area (Å²) in [7, 11) is -2.78. The van der Waals surface area contributed by atoms with Gasteiger partial charge in [0.05, 0.1) is 12.1 Å². The van der Waals surface area contributed by atoms with Gasteiger partial charge in [-0.25, -0.2) is 17.9 Å². The number of primary sulfonamides is 1. The Morgan fingerprint density at radius 1 is 1.29 bits per heavy atom. The van der Waals surface area contributed by atoms with Gasteiger partial charge in [0.1, 0.15) is 16.5 Å². The zero-order chi connectivity index (χ0) is 17.9. The average Bonchev–Trinajstić information content (AvgIpc) is 2.52. The van der Waals surface area contributed by atoms with Crippen LogP contribution in [-0.4, -0.2) is 21.3 Å². The third kappa shape index (κ3) is 4.00. The minimum atomic E-state index is -4.06. The molecular formula is C16H13ClFNO4S. The van der Waals surface area contributed by atoms with Crippen LogP contribution in [0.5, 0.6) is 5.75 Å². The van der Waals surface area contributed by atoms with E-state index in [0.29, 0.717) is 0 Å². The molecule has 2 N–H and O–H groups in total. The molecule has 24 heavy (non-hydrogen) atoms. The van der Waals surface area contributed by atoms with Crippen molar-refractivity contribution in [2.45, 2.75) is 4.90 Å². The van der Waals surface area contributed by atoms with Gasteiger partial charge in [0.25, 0.3) is 0 Å². The Bertz CT molecular complexity index is 905. The van der Waals surface area contributed by atoms with Crippen molar-refractivity contribution in [1.29, 1.82) is 0 Å². The normalized spacial score (nSPS) is 11.7. The molecule has 0 saturated heterocycles. The Balaban J connectivity index is 2.39. The number of nitrogens with two attached hydrogens (primary N) is 1. The van der Waals surface area contributed by atoms with E-state index in [0.717, 1.165) is 12.1 Å². The van der Waals surface area contributed by atoms with Crippen LogP contribution in [0.3, 0.4) is 0 Å². The molecular weight excluding hydrogens is 357 g/mol. The van der Waals surface area contributed by atoms with E-state index in [1.807, 2.05) is 0 Å². The zero-order valence-corrected chi connectivity index (χ0v) is 14.1. The first-order valence-corrected chi connectivity index (χ1v) is 8.53. The minimum absolute atomic E-state index is 0.0233. The van der Waals surface area contributed by atoms with Gasteiger partial charge in [-0.3, -0.25) is 4.79 Å². The molecule has 0 aliphatic carbocycles. The second-order valence-electron chi connectivity index (χ2n) is 4.74. The van der Waals surface area contributed by atoms with Crippen LogP contribution >= 0.6 is 11.6 Å². The lowest BCUT2D eigenvalue weighted by molar-refractivity contribution is 0.104. The smallest absolute Gasteiger partial charge is 0.241 e. The van der Waals surface area contributed by atoms with Crippen LogP contribution < -0.4 is 9.88 Å². The summed E-state index contributed by atoms with van der Waals surface area (Å²) in [5.74, 6) is -1.09. The number of allylic oxidation sites excluding steroid dienone is 1. The minimum Gasteiger partial charge on any atom is -0.495 e. The molecule has 126 valence electrons. The number of benzene rings is 2. The van der Waals surface area contributed by atoms with Crippen LogP contribution in [-0.2, 0) is 10.0 Å². The Labute approximate surface area is 143 Å². The van der Waals surface area contributed by atoms with Crippen molar-refractivity contribution in [3.8, 4) is 5.75 Å². The Morgan fingerprint density at radius 2 is 2.00 bits per heavy atom. The lowest BCUT2D eigenvalue weighted by Gasteiger charge is -2.07. The monoisotopic (exact) mass is 369 g/mol. The highest BCUT2D eigenvalue weighted by atomic mass is 35.5. The summed E-state index contributed by atoms with van der Waals surface area (Å²) in [5.41, 5.74) is 0.122. The van der Waals surface area contributed by atoms with Gasteiger partial charge in [-0.05, 0) is 42.5 Å². The molecule has 0 fully saturated rings. The Hall–Kier alpha value is -2.22. The molecule has 0 aromatic heterocycles. The highest BCUT2D eigenvalue weighted by molar-refractivity contribution is 7.89. The first-order valence-electron chi connectivity index (χ1n) is 6.61. The SMILES string of the molecule is COc1ccc(C(=O)/C=C/c2c(F)cccc2Cl)cc1S(N)(=O)=O. The fourth-order valence-corrected chi connectivity index (χ4v) is 2.93. The molecule has 2 aromatic rings. The van der Waals surface area contributed by atoms with E-state index < -0.39 is 21.6 Å². The van der Waals surface area contributed by atoms with E-state index in [1.54, 1.807) is 0 Å². The second-order valence-corrected chi connectivity index (χ2v) is 6.68. The van der Waals surface area contributed by atoms with E-state index >= 15 is 0 Å². The molecule has 8 heteroatoms. The summed E-state index contributed by atoms with van der Waals surface area (Å²) in [4.78, 5) is 11.9. The topological polar surface area (TPSA) is 86.5 Å². The molecule has 0 amide bonds. The van der Waals surface area contributed by atoms with Gasteiger partial charge < -0.3 is 4.74 Å². The van der Waals surface area contributed by atoms with E-state index in [2.05, 4.69) is 0 Å². The molecule has 2 rings (SSSR count). The average molecular weight is 370 g/mol. The van der Waals surface area contributed by atoms with Gasteiger partial charge in [-0.2, -0.15) is 0 Å². The highest BCUT2D eigenvalue weighted by Gasteiger charge is 2.17. The van der Waals surface area contributed by atoms with E-state index in [-0.39, 0.29) is 26.8 Å². The molecule has 0 aliphatic rings. The van der Waals surface area contributed by atoms with Crippen molar-refractivity contribution in [1.82, 2.24) is 0 Å². The van der Waals surface area contributed by atoms with Gasteiger partial charge in [0.15, 0.2) is 5.78 Å². The number of sulfonamides is 1. The van der Waals surface area contributed by atoms with Gasteiger partial charge >= 0.3 is 0 Å². The summed E-state index contributed by atoms with van der Waals surface area (Å²) < 4.78 is 41.7. The lowest BCUT2D eigenvalue weighted by Crippen LogP contribution is -2.14. The third-order valence-corrected chi connectivity index (χ3v) is 4.42. The summed E-state index contributed by atoms with van der Waals surface area (Å²) in [5, 5.41) is 5.25. The second kappa shape index (κ2) is 7.12. The standard InChI is InChI=1S/C16H13ClFNO4S/c1-23-15-8-5-10(9-16(15)24(19,21)22)14(20)7-6-11-12(17)3-2-4-13(11)18/h2-9H,1H3,(H2,19,21,22)/b7-6+. The number of hydrogen-bond acceptors (Lipinski definition) is 4. The summed E-state index contributed by atoms with van der Waals surface area (Å²) >= 11 is 5.87. The van der Waals surface area contributed by atoms with Gasteiger partial charge in [0, 0.05) is 11.1 Å². The van der Waals surface area contributed by atoms with Crippen molar-refractivity contribution < 1.29 is 22.3 Å². The van der Waals surface area contributed by atoms with Gasteiger partial charge in [-0.15, -0.1) is 0 Å². The maximum absolute atomic E-state index is 13.7. The number of carbonyl (C=O) groups excluding carboxylic acids is 1. The molecule has 0 heterocycles. The fraction of sp³-hybridized carbons (Fsp3) is 0.0625. The molecule has 0 radical (unpaired) electrons. The van der Waals surface area contributed by atoms with Crippen molar-refractivity contribution in [2.24, 2.45) is 5.14 Å². The molecule has 0 saturated carbocycles. The zero-order valence-electron chi connectivity index (χ0n) is 12.5. The van der Waals surface area contributed by atoms with Crippen LogP contribution in [0.25, 0.3) is 6.08 Å². The van der Waals surface area contributed by atoms with Crippen molar-refractivity contribution >= 4 is 33.5 Å². The predicted molar refractivity (Wildman–Crippen MR) is 89.1 cm³/mol. The summed E-state index contributed by atoms with van der Waals surface area (Å²) in [6.07, 6.45) is 2.32. The molecule has 0 spiro atoms. The summed E-state index contributed by atoms with van der Waals surface area (Å²) in [6, 6.07) is 7.94. The molecule has 2 aromatic carbocycles. The number of ketones is 1. The van der Waals surface area contributed by atoms with Crippen molar-refractivity contribution in [3.05, 3.63) is 64.4 Å². The number of ether oxygens (including phenoxy) is 1. The van der Waals surface area contributed by atoms with Crippen LogP contribution in [0.2, 0.25) is 5.02 Å². The highest BCUT2D eigenvalue weighted by Crippen LogP contribution is 2.25. The maximum Gasteiger partial charge on any atom is 0.241 e. The predicted octanol–water partition coefficient (Wildman–Crippen LogP) is 3.03. The molecule has 0 unspecified atom stereocenters. The number of halogens is 2. The van der Waals surface area contributed by atoms with E-state index in [1.165, 1.54) is 43.5 Å². The largest absolute Gasteiger partial charge is 0.495 e. The first kappa shape index (κ1) is 18.1. The van der Waals surface area contributed by atoms with Crippen LogP contribution in [0.1, 0.15) is 15.9 Å². The molecule has 0 atom stereocenters. The lowest BCUT2D eigenvalue weighted by atomic mass is 10.1. The van der Waals surface area contributed by atoms with Crippen molar-refractivity contribution in [2.75, 3.05) is 7.11 Å². The summed E-state index contributed by atoms with van der Waals surface area (Å²) in [6.45, 7) is 0. The van der Waals surface area contributed by atoms with Crippen LogP contribution in [0.4, 0.5) is 4.39 Å². The van der Waals surface area contributed by atoms with Crippen LogP contribution in [0, 0.1) is 5.82 Å². The van der Waals surface area contributed by atoms with Gasteiger partial charge in [0.2, 0.25) is 10.0 Å². The number of carbonyl (C=O) groups is 1. The number of rotatable bonds is 5. The molecule has 5 nitrogen and oxygen atoms in total. The van der Waals surface area contributed by atoms with Crippen molar-refractivity contribution in [3.63, 3.8) is 0 Å². The first-order chi connectivity index (χ1) is 11.2.